The third kappa shape index (κ3) is 5.06. The Morgan fingerprint density at radius 1 is 0.274 bits per heavy atom. The molecule has 0 saturated heterocycles. The van der Waals surface area contributed by atoms with Crippen molar-refractivity contribution in [2.75, 3.05) is 0 Å². The highest BCUT2D eigenvalue weighted by Gasteiger charge is 2.27. The summed E-state index contributed by atoms with van der Waals surface area (Å²) < 4.78 is 9.54. The van der Waals surface area contributed by atoms with Crippen LogP contribution in [0.25, 0.3) is 111 Å². The zero-order valence-electron chi connectivity index (χ0n) is 33.6. The average molecular weight is 792 g/mol. The molecule has 4 heterocycles. The van der Waals surface area contributed by atoms with Gasteiger partial charge in [0, 0.05) is 55.2 Å². The van der Waals surface area contributed by atoms with Crippen molar-refractivity contribution < 1.29 is 0 Å². The summed E-state index contributed by atoms with van der Waals surface area (Å²) in [4.78, 5) is 5.58. The Morgan fingerprint density at radius 2 is 0.726 bits per heavy atom. The number of aromatic nitrogens is 5. The Balaban J connectivity index is 1.15. The fourth-order valence-electron chi connectivity index (χ4n) is 9.91. The first-order chi connectivity index (χ1) is 30.8. The van der Waals surface area contributed by atoms with Crippen molar-refractivity contribution in [3.05, 3.63) is 224 Å². The van der Waals surface area contributed by atoms with Gasteiger partial charge in [0.05, 0.1) is 27.6 Å². The first-order valence-electron chi connectivity index (χ1n) is 21.1. The van der Waals surface area contributed by atoms with Crippen LogP contribution in [-0.4, -0.2) is 23.3 Å². The molecule has 0 saturated carbocycles. The predicted molar refractivity (Wildman–Crippen MR) is 257 cm³/mol. The Labute approximate surface area is 357 Å². The summed E-state index contributed by atoms with van der Waals surface area (Å²) in [5, 5.41) is 5.99. The van der Waals surface area contributed by atoms with E-state index in [-0.39, 0.29) is 0 Å². The van der Waals surface area contributed by atoms with Gasteiger partial charge in [-0.1, -0.05) is 133 Å². The van der Waals surface area contributed by atoms with Crippen LogP contribution in [-0.2, 0) is 0 Å². The lowest BCUT2D eigenvalue weighted by Gasteiger charge is -2.11. The van der Waals surface area contributed by atoms with E-state index in [9.17, 15) is 0 Å². The Hall–Kier alpha value is -8.41. The molecule has 0 unspecified atom stereocenters. The van der Waals surface area contributed by atoms with Crippen molar-refractivity contribution in [2.45, 2.75) is 0 Å². The summed E-state index contributed by atoms with van der Waals surface area (Å²) in [6.07, 6.45) is 0. The first kappa shape index (κ1) is 34.5. The highest BCUT2D eigenvalue weighted by atomic mass is 15.2. The fourth-order valence-corrected chi connectivity index (χ4v) is 9.91. The topological polar surface area (TPSA) is 32.6 Å². The minimum atomic E-state index is 0.909. The predicted octanol–water partition coefficient (Wildman–Crippen LogP) is 14.5. The van der Waals surface area contributed by atoms with E-state index >= 15 is 0 Å². The van der Waals surface area contributed by atoms with E-state index in [4.69, 9.17) is 4.98 Å². The Kier molecular flexibility index (Phi) is 7.54. The van der Waals surface area contributed by atoms with Crippen molar-refractivity contribution in [2.24, 2.45) is 0 Å². The molecule has 290 valence electrons. The standard InChI is InChI=1S/C57H37N5/c1-6-18-38(19-7-1)56-58-57-55(62(56)44-26-14-5-15-27-44)46-32-35-52-53(54(46)61(57)43-24-12-4-13-25-43)48-37-40(31-34-51(48)60(52)42-22-10-3-11-23-42)39-30-33-50-47(36-39)45-28-16-17-29-49(45)59(50)41-20-8-2-9-21-41/h1-37H. The van der Waals surface area contributed by atoms with E-state index in [0.29, 0.717) is 0 Å². The minimum Gasteiger partial charge on any atom is -0.309 e. The highest BCUT2D eigenvalue weighted by Crippen LogP contribution is 2.45. The lowest BCUT2D eigenvalue weighted by Crippen LogP contribution is -1.98. The van der Waals surface area contributed by atoms with E-state index in [1.54, 1.807) is 0 Å². The van der Waals surface area contributed by atoms with Gasteiger partial charge in [-0.2, -0.15) is 0 Å². The van der Waals surface area contributed by atoms with Gasteiger partial charge < -0.3 is 9.13 Å². The summed E-state index contributed by atoms with van der Waals surface area (Å²) in [5.41, 5.74) is 15.6. The SMILES string of the molecule is c1ccc(-c2nc3c(c4ccc5c(c6cc(-c7ccc8c(c7)c7ccccc7n8-c7ccccc7)ccc6n5-c5ccccc5)c4n3-c3ccccc3)n2-c2ccccc2)cc1. The number of hydrogen-bond donors (Lipinski definition) is 0. The van der Waals surface area contributed by atoms with Crippen LogP contribution in [0.3, 0.4) is 0 Å². The summed E-state index contributed by atoms with van der Waals surface area (Å²) in [6, 6.07) is 80.7. The maximum atomic E-state index is 5.58. The number of para-hydroxylation sites is 5. The highest BCUT2D eigenvalue weighted by molar-refractivity contribution is 6.26. The van der Waals surface area contributed by atoms with Crippen molar-refractivity contribution >= 4 is 65.7 Å². The van der Waals surface area contributed by atoms with Crippen LogP contribution in [0.15, 0.2) is 224 Å². The van der Waals surface area contributed by atoms with Crippen molar-refractivity contribution in [3.8, 4) is 45.3 Å². The molecule has 0 aliphatic rings. The number of fused-ring (bicyclic) bond motifs is 10. The molecule has 0 bridgehead atoms. The lowest BCUT2D eigenvalue weighted by atomic mass is 10.00. The van der Waals surface area contributed by atoms with E-state index in [1.165, 1.54) is 43.7 Å². The lowest BCUT2D eigenvalue weighted by molar-refractivity contribution is 1.10. The van der Waals surface area contributed by atoms with Gasteiger partial charge in [0.1, 0.15) is 11.3 Å². The first-order valence-corrected chi connectivity index (χ1v) is 21.1. The van der Waals surface area contributed by atoms with Gasteiger partial charge in [-0.3, -0.25) is 9.13 Å². The Morgan fingerprint density at radius 3 is 1.34 bits per heavy atom. The molecule has 13 rings (SSSR count). The fraction of sp³-hybridized carbons (Fsp3) is 0. The molecule has 13 aromatic rings. The normalized spacial score (nSPS) is 11.9. The maximum Gasteiger partial charge on any atom is 0.165 e. The van der Waals surface area contributed by atoms with Gasteiger partial charge in [0.15, 0.2) is 5.65 Å². The van der Waals surface area contributed by atoms with E-state index in [1.807, 2.05) is 0 Å². The smallest absolute Gasteiger partial charge is 0.165 e. The molecule has 0 spiro atoms. The van der Waals surface area contributed by atoms with Crippen molar-refractivity contribution in [1.29, 1.82) is 0 Å². The molecule has 5 nitrogen and oxygen atoms in total. The van der Waals surface area contributed by atoms with Crippen molar-refractivity contribution in [1.82, 2.24) is 23.3 Å². The van der Waals surface area contributed by atoms with Crippen LogP contribution in [0.4, 0.5) is 0 Å². The molecule has 5 heteroatoms. The number of benzene rings is 9. The van der Waals surface area contributed by atoms with E-state index < -0.39 is 0 Å². The number of imidazole rings is 1. The van der Waals surface area contributed by atoms with Crippen LogP contribution < -0.4 is 0 Å². The molecule has 0 aliphatic carbocycles. The third-order valence-electron chi connectivity index (χ3n) is 12.5. The van der Waals surface area contributed by atoms with Crippen LogP contribution in [0.5, 0.6) is 0 Å². The molecule has 0 radical (unpaired) electrons. The van der Waals surface area contributed by atoms with Crippen LogP contribution >= 0.6 is 0 Å². The third-order valence-corrected chi connectivity index (χ3v) is 12.5. The van der Waals surface area contributed by atoms with Crippen LogP contribution in [0, 0.1) is 0 Å². The summed E-state index contributed by atoms with van der Waals surface area (Å²) in [7, 11) is 0. The molecule has 0 atom stereocenters. The van der Waals surface area contributed by atoms with Gasteiger partial charge in [-0.15, -0.1) is 0 Å². The van der Waals surface area contributed by atoms with Crippen LogP contribution in [0.2, 0.25) is 0 Å². The molecule has 0 aliphatic heterocycles. The van der Waals surface area contributed by atoms with Gasteiger partial charge in [-0.25, -0.2) is 4.98 Å². The average Bonchev–Trinajstić information content (AvgIpc) is 4.08. The molecule has 0 fully saturated rings. The number of hydrogen-bond acceptors (Lipinski definition) is 1. The van der Waals surface area contributed by atoms with Gasteiger partial charge in [0.25, 0.3) is 0 Å². The molecule has 4 aromatic heterocycles. The minimum absolute atomic E-state index is 0.909. The number of rotatable bonds is 6. The summed E-state index contributed by atoms with van der Waals surface area (Å²) >= 11 is 0. The second-order valence-corrected chi connectivity index (χ2v) is 16.0. The van der Waals surface area contributed by atoms with E-state index in [2.05, 4.69) is 243 Å². The zero-order valence-corrected chi connectivity index (χ0v) is 33.6. The quantitative estimate of drug-likeness (QED) is 0.165. The maximum absolute atomic E-state index is 5.58. The van der Waals surface area contributed by atoms with Gasteiger partial charge >= 0.3 is 0 Å². The summed E-state index contributed by atoms with van der Waals surface area (Å²) in [5.74, 6) is 0.909. The summed E-state index contributed by atoms with van der Waals surface area (Å²) in [6.45, 7) is 0. The molecular weight excluding hydrogens is 755 g/mol. The molecule has 0 amide bonds. The molecular formula is C57H37N5. The molecule has 0 N–H and O–H groups in total. The number of nitrogens with zero attached hydrogens (tertiary/aromatic N) is 5. The van der Waals surface area contributed by atoms with Crippen LogP contribution in [0.1, 0.15) is 0 Å². The van der Waals surface area contributed by atoms with Crippen molar-refractivity contribution in [3.63, 3.8) is 0 Å². The second kappa shape index (κ2) is 13.6. The van der Waals surface area contributed by atoms with Gasteiger partial charge in [-0.05, 0) is 102 Å². The molecule has 62 heavy (non-hydrogen) atoms. The monoisotopic (exact) mass is 791 g/mol. The molecule has 9 aromatic carbocycles. The van der Waals surface area contributed by atoms with E-state index in [0.717, 1.165) is 67.2 Å². The Bertz CT molecular complexity index is 3820. The largest absolute Gasteiger partial charge is 0.309 e. The second-order valence-electron chi connectivity index (χ2n) is 16.0. The van der Waals surface area contributed by atoms with Gasteiger partial charge in [0.2, 0.25) is 0 Å². The zero-order chi connectivity index (χ0) is 40.7.